The number of carbonyl (C=O) groups is 1. The highest BCUT2D eigenvalue weighted by molar-refractivity contribution is 6.42. The molecule has 0 aliphatic carbocycles. The molecule has 0 spiro atoms. The molecular formula is C21H16Cl2N2O4. The molecule has 0 saturated carbocycles. The summed E-state index contributed by atoms with van der Waals surface area (Å²) < 4.78 is 7.76. The van der Waals surface area contributed by atoms with Crippen molar-refractivity contribution in [3.8, 4) is 18.1 Å². The van der Waals surface area contributed by atoms with Crippen molar-refractivity contribution in [1.82, 2.24) is 4.57 Å². The second-order valence-corrected chi connectivity index (χ2v) is 6.85. The molecule has 148 valence electrons. The number of rotatable bonds is 8. The molecule has 0 radical (unpaired) electrons. The Bertz CT molecular complexity index is 1120. The summed E-state index contributed by atoms with van der Waals surface area (Å²) in [5, 5.41) is 14.1. The van der Waals surface area contributed by atoms with E-state index in [0.29, 0.717) is 28.9 Å². The first-order valence-electron chi connectivity index (χ1n) is 8.48. The highest BCUT2D eigenvalue weighted by Gasteiger charge is 2.09. The largest absolute Gasteiger partial charge is 0.489 e. The normalized spacial score (nSPS) is 10.9. The molecule has 3 rings (SSSR count). The molecule has 0 aliphatic heterocycles. The third-order valence-corrected chi connectivity index (χ3v) is 4.73. The second kappa shape index (κ2) is 9.37. The number of oxime groups is 1. The van der Waals surface area contributed by atoms with E-state index in [2.05, 4.69) is 11.1 Å². The third-order valence-electron chi connectivity index (χ3n) is 3.99. The molecule has 2 aromatic carbocycles. The standard InChI is InChI=1S/C21H16Cl2N2O4/c1-2-7-25-11-15(10-24-29-13-21(26)27)17-9-16(4-6-20(17)25)28-12-14-3-5-18(22)19(23)8-14/h1,3-6,8-11H,7,12-13H2,(H,26,27). The van der Waals surface area contributed by atoms with Gasteiger partial charge in [0.15, 0.2) is 0 Å². The van der Waals surface area contributed by atoms with Crippen molar-refractivity contribution >= 4 is 46.3 Å². The van der Waals surface area contributed by atoms with Gasteiger partial charge in [0.05, 0.1) is 22.8 Å². The number of nitrogens with zero attached hydrogens (tertiary/aromatic N) is 2. The van der Waals surface area contributed by atoms with Crippen LogP contribution in [0.5, 0.6) is 5.75 Å². The zero-order valence-electron chi connectivity index (χ0n) is 15.1. The van der Waals surface area contributed by atoms with Gasteiger partial charge < -0.3 is 19.2 Å². The molecule has 29 heavy (non-hydrogen) atoms. The summed E-state index contributed by atoms with van der Waals surface area (Å²) in [6.45, 7) is 0.180. The number of aliphatic carboxylic acids is 1. The lowest BCUT2D eigenvalue weighted by Crippen LogP contribution is -2.03. The van der Waals surface area contributed by atoms with Crippen LogP contribution < -0.4 is 4.74 Å². The highest BCUT2D eigenvalue weighted by Crippen LogP contribution is 2.27. The maximum absolute atomic E-state index is 10.5. The number of fused-ring (bicyclic) bond motifs is 1. The summed E-state index contributed by atoms with van der Waals surface area (Å²) in [4.78, 5) is 15.3. The Kier molecular flexibility index (Phi) is 6.65. The van der Waals surface area contributed by atoms with Crippen LogP contribution in [0.4, 0.5) is 0 Å². The van der Waals surface area contributed by atoms with Crippen LogP contribution in [0.15, 0.2) is 47.8 Å². The SMILES string of the molecule is C#CCn1cc(C=NOCC(=O)O)c2cc(OCc3ccc(Cl)c(Cl)c3)ccc21. The van der Waals surface area contributed by atoms with Crippen LogP contribution >= 0.6 is 23.2 Å². The third kappa shape index (κ3) is 5.23. The first-order chi connectivity index (χ1) is 14.0. The predicted molar refractivity (Wildman–Crippen MR) is 113 cm³/mol. The minimum atomic E-state index is -1.10. The van der Waals surface area contributed by atoms with Crippen molar-refractivity contribution in [2.75, 3.05) is 6.61 Å². The smallest absolute Gasteiger partial charge is 0.344 e. The quantitative estimate of drug-likeness (QED) is 0.322. The molecule has 0 saturated heterocycles. The Morgan fingerprint density at radius 1 is 1.24 bits per heavy atom. The monoisotopic (exact) mass is 430 g/mol. The van der Waals surface area contributed by atoms with E-state index in [1.54, 1.807) is 12.1 Å². The van der Waals surface area contributed by atoms with Gasteiger partial charge in [-0.25, -0.2) is 4.79 Å². The number of benzene rings is 2. The molecule has 0 fully saturated rings. The van der Waals surface area contributed by atoms with Crippen molar-refractivity contribution in [2.45, 2.75) is 13.2 Å². The van der Waals surface area contributed by atoms with E-state index in [0.717, 1.165) is 22.0 Å². The fourth-order valence-corrected chi connectivity index (χ4v) is 3.03. The van der Waals surface area contributed by atoms with Gasteiger partial charge in [0, 0.05) is 22.7 Å². The molecule has 3 aromatic rings. The van der Waals surface area contributed by atoms with Gasteiger partial charge in [0.1, 0.15) is 12.4 Å². The van der Waals surface area contributed by atoms with Gasteiger partial charge in [-0.1, -0.05) is 40.3 Å². The van der Waals surface area contributed by atoms with Crippen molar-refractivity contribution in [3.63, 3.8) is 0 Å². The Morgan fingerprint density at radius 2 is 2.07 bits per heavy atom. The Hall–Kier alpha value is -3.14. The maximum atomic E-state index is 10.5. The van der Waals surface area contributed by atoms with Crippen LogP contribution in [0, 0.1) is 12.3 Å². The van der Waals surface area contributed by atoms with Gasteiger partial charge in [0.2, 0.25) is 6.61 Å². The molecule has 0 atom stereocenters. The number of aromatic nitrogens is 1. The number of terminal acetylenes is 1. The molecule has 8 heteroatoms. The van der Waals surface area contributed by atoms with E-state index in [1.807, 2.05) is 35.0 Å². The number of carboxylic acid groups (broad SMARTS) is 1. The number of hydrogen-bond acceptors (Lipinski definition) is 4. The van der Waals surface area contributed by atoms with Crippen molar-refractivity contribution in [2.24, 2.45) is 5.16 Å². The summed E-state index contributed by atoms with van der Waals surface area (Å²) in [5.74, 6) is 2.14. The second-order valence-electron chi connectivity index (χ2n) is 6.03. The van der Waals surface area contributed by atoms with Crippen LogP contribution in [0.1, 0.15) is 11.1 Å². The highest BCUT2D eigenvalue weighted by atomic mass is 35.5. The first-order valence-corrected chi connectivity index (χ1v) is 9.23. The fraction of sp³-hybridized carbons (Fsp3) is 0.143. The van der Waals surface area contributed by atoms with Crippen molar-refractivity contribution < 1.29 is 19.5 Å². The van der Waals surface area contributed by atoms with Crippen molar-refractivity contribution in [1.29, 1.82) is 0 Å². The van der Waals surface area contributed by atoms with Gasteiger partial charge in [-0.15, -0.1) is 6.42 Å². The van der Waals surface area contributed by atoms with Crippen LogP contribution in [-0.2, 0) is 22.8 Å². The summed E-state index contributed by atoms with van der Waals surface area (Å²) >= 11 is 12.0. The van der Waals surface area contributed by atoms with Gasteiger partial charge in [-0.05, 0) is 35.9 Å². The number of halogens is 2. The predicted octanol–water partition coefficient (Wildman–Crippen LogP) is 4.60. The minimum absolute atomic E-state index is 0.318. The van der Waals surface area contributed by atoms with Gasteiger partial charge >= 0.3 is 5.97 Å². The lowest BCUT2D eigenvalue weighted by atomic mass is 10.2. The van der Waals surface area contributed by atoms with E-state index in [-0.39, 0.29) is 0 Å². The van der Waals surface area contributed by atoms with Crippen molar-refractivity contribution in [3.05, 3.63) is 63.8 Å². The van der Waals surface area contributed by atoms with E-state index >= 15 is 0 Å². The lowest BCUT2D eigenvalue weighted by Gasteiger charge is -2.08. The Balaban J connectivity index is 1.84. The van der Waals surface area contributed by atoms with E-state index < -0.39 is 12.6 Å². The zero-order chi connectivity index (χ0) is 20.8. The van der Waals surface area contributed by atoms with E-state index in [1.165, 1.54) is 6.21 Å². The van der Waals surface area contributed by atoms with Gasteiger partial charge in [-0.3, -0.25) is 0 Å². The Labute approximate surface area is 177 Å². The summed E-state index contributed by atoms with van der Waals surface area (Å²) in [6, 6.07) is 10.9. The maximum Gasteiger partial charge on any atom is 0.344 e. The Morgan fingerprint density at radius 3 is 2.79 bits per heavy atom. The zero-order valence-corrected chi connectivity index (χ0v) is 16.7. The first kappa shape index (κ1) is 20.6. The van der Waals surface area contributed by atoms with Gasteiger partial charge in [-0.2, -0.15) is 0 Å². The summed E-state index contributed by atoms with van der Waals surface area (Å²) in [5.41, 5.74) is 2.50. The van der Waals surface area contributed by atoms with E-state index in [9.17, 15) is 4.79 Å². The minimum Gasteiger partial charge on any atom is -0.489 e. The molecule has 0 aliphatic rings. The van der Waals surface area contributed by atoms with E-state index in [4.69, 9.17) is 44.3 Å². The summed E-state index contributed by atoms with van der Waals surface area (Å²) in [6.07, 6.45) is 8.71. The molecule has 0 unspecified atom stereocenters. The van der Waals surface area contributed by atoms with Crippen LogP contribution in [0.3, 0.4) is 0 Å². The number of carboxylic acids is 1. The topological polar surface area (TPSA) is 73.1 Å². The lowest BCUT2D eigenvalue weighted by molar-refractivity contribution is -0.142. The number of hydrogen-bond donors (Lipinski definition) is 1. The molecule has 6 nitrogen and oxygen atoms in total. The average molecular weight is 431 g/mol. The summed E-state index contributed by atoms with van der Waals surface area (Å²) in [7, 11) is 0. The molecule has 0 amide bonds. The molecule has 1 heterocycles. The molecular weight excluding hydrogens is 415 g/mol. The molecule has 0 bridgehead atoms. The average Bonchev–Trinajstić information content (AvgIpc) is 3.03. The van der Waals surface area contributed by atoms with Gasteiger partial charge in [0.25, 0.3) is 0 Å². The number of ether oxygens (including phenoxy) is 1. The molecule has 1 N–H and O–H groups in total. The van der Waals surface area contributed by atoms with Crippen LogP contribution in [0.25, 0.3) is 10.9 Å². The fourth-order valence-electron chi connectivity index (χ4n) is 2.71. The molecule has 1 aromatic heterocycles. The van der Waals surface area contributed by atoms with Crippen LogP contribution in [0.2, 0.25) is 10.0 Å². The van der Waals surface area contributed by atoms with Crippen LogP contribution in [-0.4, -0.2) is 28.5 Å².